The second-order valence-corrected chi connectivity index (χ2v) is 5.33. The van der Waals surface area contributed by atoms with Crippen LogP contribution in [0.1, 0.15) is 21.7 Å². The number of nitrogens with zero attached hydrogens (tertiary/aromatic N) is 2. The standard InChI is InChI=1S/C18H14N2O5/c1-12-16(17(19-25-12)14-5-3-2-4-6-14)18(21)24-11-13-7-9-15(10-8-13)20(22)23/h2-10H,11H2,1H3. The van der Waals surface area contributed by atoms with Crippen LogP contribution in [-0.2, 0) is 11.3 Å². The predicted octanol–water partition coefficient (Wildman–Crippen LogP) is 3.92. The summed E-state index contributed by atoms with van der Waals surface area (Å²) in [6.45, 7) is 1.64. The monoisotopic (exact) mass is 338 g/mol. The average molecular weight is 338 g/mol. The molecule has 0 saturated heterocycles. The lowest BCUT2D eigenvalue weighted by atomic mass is 10.1. The van der Waals surface area contributed by atoms with Gasteiger partial charge in [0.2, 0.25) is 0 Å². The lowest BCUT2D eigenvalue weighted by Gasteiger charge is -2.05. The van der Waals surface area contributed by atoms with Crippen molar-refractivity contribution < 1.29 is 19.0 Å². The summed E-state index contributed by atoms with van der Waals surface area (Å²) in [5.41, 5.74) is 2.08. The summed E-state index contributed by atoms with van der Waals surface area (Å²) in [7, 11) is 0. The fourth-order valence-corrected chi connectivity index (χ4v) is 2.34. The summed E-state index contributed by atoms with van der Waals surface area (Å²) in [6, 6.07) is 15.0. The highest BCUT2D eigenvalue weighted by Gasteiger charge is 2.23. The van der Waals surface area contributed by atoms with Crippen molar-refractivity contribution in [2.24, 2.45) is 0 Å². The van der Waals surface area contributed by atoms with E-state index in [0.717, 1.165) is 5.56 Å². The normalized spacial score (nSPS) is 10.4. The maximum Gasteiger partial charge on any atom is 0.344 e. The third kappa shape index (κ3) is 3.55. The van der Waals surface area contributed by atoms with E-state index >= 15 is 0 Å². The molecule has 7 heteroatoms. The van der Waals surface area contributed by atoms with Crippen LogP contribution in [0.5, 0.6) is 0 Å². The highest BCUT2D eigenvalue weighted by molar-refractivity contribution is 5.97. The molecule has 0 N–H and O–H groups in total. The Morgan fingerprint density at radius 1 is 1.16 bits per heavy atom. The maximum absolute atomic E-state index is 12.4. The second kappa shape index (κ2) is 6.96. The molecule has 3 rings (SSSR count). The molecule has 0 fully saturated rings. The minimum atomic E-state index is -0.559. The summed E-state index contributed by atoms with van der Waals surface area (Å²) in [5, 5.41) is 14.6. The molecule has 0 spiro atoms. The van der Waals surface area contributed by atoms with Crippen molar-refractivity contribution in [1.82, 2.24) is 5.16 Å². The SMILES string of the molecule is Cc1onc(-c2ccccc2)c1C(=O)OCc1ccc([N+](=O)[O-])cc1. The quantitative estimate of drug-likeness (QED) is 0.397. The van der Waals surface area contributed by atoms with Crippen LogP contribution < -0.4 is 0 Å². The van der Waals surface area contributed by atoms with Crippen LogP contribution in [-0.4, -0.2) is 16.0 Å². The number of nitro groups is 1. The van der Waals surface area contributed by atoms with Gasteiger partial charge in [-0.2, -0.15) is 0 Å². The Labute approximate surface area is 143 Å². The van der Waals surface area contributed by atoms with Crippen molar-refractivity contribution in [3.05, 3.63) is 81.6 Å². The molecule has 0 amide bonds. The molecule has 0 bridgehead atoms. The van der Waals surface area contributed by atoms with E-state index in [9.17, 15) is 14.9 Å². The number of benzene rings is 2. The van der Waals surface area contributed by atoms with Crippen LogP contribution in [0.2, 0.25) is 0 Å². The van der Waals surface area contributed by atoms with Gasteiger partial charge in [-0.15, -0.1) is 0 Å². The van der Waals surface area contributed by atoms with Crippen LogP contribution in [0, 0.1) is 17.0 Å². The zero-order valence-corrected chi connectivity index (χ0v) is 13.3. The smallest absolute Gasteiger partial charge is 0.344 e. The lowest BCUT2D eigenvalue weighted by Crippen LogP contribution is -2.07. The van der Waals surface area contributed by atoms with Crippen molar-refractivity contribution in [3.8, 4) is 11.3 Å². The summed E-state index contributed by atoms with van der Waals surface area (Å²) in [4.78, 5) is 22.6. The Balaban J connectivity index is 1.76. The van der Waals surface area contributed by atoms with Crippen LogP contribution in [0.15, 0.2) is 59.1 Å². The van der Waals surface area contributed by atoms with Gasteiger partial charge in [0.15, 0.2) is 0 Å². The van der Waals surface area contributed by atoms with E-state index in [-0.39, 0.29) is 17.9 Å². The Morgan fingerprint density at radius 2 is 1.84 bits per heavy atom. The molecule has 1 aromatic heterocycles. The molecule has 0 radical (unpaired) electrons. The number of nitro benzene ring substituents is 1. The molecule has 25 heavy (non-hydrogen) atoms. The minimum absolute atomic E-state index is 0.00429. The number of hydrogen-bond acceptors (Lipinski definition) is 6. The Hall–Kier alpha value is -3.48. The third-order valence-corrected chi connectivity index (χ3v) is 3.63. The van der Waals surface area contributed by atoms with E-state index in [2.05, 4.69) is 5.16 Å². The van der Waals surface area contributed by atoms with Crippen LogP contribution in [0.25, 0.3) is 11.3 Å². The van der Waals surface area contributed by atoms with Gasteiger partial charge >= 0.3 is 5.97 Å². The number of ether oxygens (including phenoxy) is 1. The molecule has 126 valence electrons. The number of aromatic nitrogens is 1. The zero-order chi connectivity index (χ0) is 17.8. The Kier molecular flexibility index (Phi) is 4.56. The van der Waals surface area contributed by atoms with Gasteiger partial charge in [-0.05, 0) is 24.6 Å². The highest BCUT2D eigenvalue weighted by atomic mass is 16.6. The fraction of sp³-hybridized carbons (Fsp3) is 0.111. The first-order chi connectivity index (χ1) is 12.1. The number of non-ortho nitro benzene ring substituents is 1. The first kappa shape index (κ1) is 16.4. The Bertz CT molecular complexity index is 901. The number of carbonyl (C=O) groups excluding carboxylic acids is 1. The van der Waals surface area contributed by atoms with Crippen molar-refractivity contribution in [2.75, 3.05) is 0 Å². The molecule has 0 unspecified atom stereocenters. The molecule has 2 aromatic carbocycles. The molecule has 0 saturated carbocycles. The molecule has 3 aromatic rings. The number of esters is 1. The van der Waals surface area contributed by atoms with Gasteiger partial charge in [0.25, 0.3) is 5.69 Å². The molecular weight excluding hydrogens is 324 g/mol. The fourth-order valence-electron chi connectivity index (χ4n) is 2.34. The largest absolute Gasteiger partial charge is 0.457 e. The van der Waals surface area contributed by atoms with Crippen LogP contribution in [0.3, 0.4) is 0 Å². The molecule has 1 heterocycles. The van der Waals surface area contributed by atoms with Crippen molar-refractivity contribution in [2.45, 2.75) is 13.5 Å². The molecule has 7 nitrogen and oxygen atoms in total. The van der Waals surface area contributed by atoms with E-state index in [1.807, 2.05) is 30.3 Å². The minimum Gasteiger partial charge on any atom is -0.457 e. The van der Waals surface area contributed by atoms with E-state index < -0.39 is 10.9 Å². The van der Waals surface area contributed by atoms with E-state index in [1.165, 1.54) is 12.1 Å². The van der Waals surface area contributed by atoms with Crippen molar-refractivity contribution in [3.63, 3.8) is 0 Å². The predicted molar refractivity (Wildman–Crippen MR) is 88.9 cm³/mol. The van der Waals surface area contributed by atoms with E-state index in [1.54, 1.807) is 19.1 Å². The Morgan fingerprint density at radius 3 is 2.48 bits per heavy atom. The van der Waals surface area contributed by atoms with Gasteiger partial charge < -0.3 is 9.26 Å². The van der Waals surface area contributed by atoms with E-state index in [0.29, 0.717) is 17.0 Å². The number of carbonyl (C=O) groups is 1. The topological polar surface area (TPSA) is 95.5 Å². The third-order valence-electron chi connectivity index (χ3n) is 3.63. The van der Waals surface area contributed by atoms with Gasteiger partial charge in [0.1, 0.15) is 23.6 Å². The van der Waals surface area contributed by atoms with Gasteiger partial charge in [0.05, 0.1) is 4.92 Å². The molecule has 0 aliphatic heterocycles. The number of hydrogen-bond donors (Lipinski definition) is 0. The molecule has 0 aliphatic carbocycles. The van der Waals surface area contributed by atoms with Crippen LogP contribution >= 0.6 is 0 Å². The van der Waals surface area contributed by atoms with Gasteiger partial charge in [-0.25, -0.2) is 4.79 Å². The van der Waals surface area contributed by atoms with Gasteiger partial charge in [-0.3, -0.25) is 10.1 Å². The lowest BCUT2D eigenvalue weighted by molar-refractivity contribution is -0.384. The first-order valence-corrected chi connectivity index (χ1v) is 7.48. The van der Waals surface area contributed by atoms with Crippen molar-refractivity contribution in [1.29, 1.82) is 0 Å². The molecular formula is C18H14N2O5. The average Bonchev–Trinajstić information content (AvgIpc) is 3.02. The first-order valence-electron chi connectivity index (χ1n) is 7.48. The molecule has 0 atom stereocenters. The number of aryl methyl sites for hydroxylation is 1. The summed E-state index contributed by atoms with van der Waals surface area (Å²) >= 11 is 0. The van der Waals surface area contributed by atoms with Gasteiger partial charge in [0, 0.05) is 17.7 Å². The van der Waals surface area contributed by atoms with Crippen molar-refractivity contribution >= 4 is 11.7 Å². The van der Waals surface area contributed by atoms with Gasteiger partial charge in [-0.1, -0.05) is 35.5 Å². The maximum atomic E-state index is 12.4. The van der Waals surface area contributed by atoms with Crippen LogP contribution in [0.4, 0.5) is 5.69 Å². The highest BCUT2D eigenvalue weighted by Crippen LogP contribution is 2.26. The van der Waals surface area contributed by atoms with E-state index in [4.69, 9.17) is 9.26 Å². The zero-order valence-electron chi connectivity index (χ0n) is 13.3. The summed E-state index contributed by atoms with van der Waals surface area (Å²) in [5.74, 6) is -0.191. The summed E-state index contributed by atoms with van der Waals surface area (Å²) < 4.78 is 10.4. The second-order valence-electron chi connectivity index (χ2n) is 5.33. The molecule has 0 aliphatic rings. The number of rotatable bonds is 5. The summed E-state index contributed by atoms with van der Waals surface area (Å²) in [6.07, 6.45) is 0.